The average molecular weight is 710 g/mol. The van der Waals surface area contributed by atoms with E-state index in [2.05, 4.69) is 217 Å². The molecule has 1 aromatic heterocycles. The maximum absolute atomic E-state index is 2.49. The lowest BCUT2D eigenvalue weighted by atomic mass is 9.67. The Labute approximate surface area is 325 Å². The summed E-state index contributed by atoms with van der Waals surface area (Å²) in [5, 5.41) is 10.3. The fourth-order valence-corrected chi connectivity index (χ4v) is 10.1. The first-order valence-electron chi connectivity index (χ1n) is 19.5. The van der Waals surface area contributed by atoms with E-state index in [-0.39, 0.29) is 0 Å². The highest BCUT2D eigenvalue weighted by Crippen LogP contribution is 2.57. The monoisotopic (exact) mass is 709 g/mol. The average Bonchev–Trinajstić information content (AvgIpc) is 3.77. The summed E-state index contributed by atoms with van der Waals surface area (Å²) in [4.78, 5) is 0. The Morgan fingerprint density at radius 1 is 0.286 bits per heavy atom. The van der Waals surface area contributed by atoms with Crippen LogP contribution in [-0.4, -0.2) is 4.57 Å². The van der Waals surface area contributed by atoms with Gasteiger partial charge in [0.15, 0.2) is 0 Å². The molecular formula is C55H35N. The number of hydrogen-bond donors (Lipinski definition) is 0. The quantitative estimate of drug-likeness (QED) is 0.160. The number of rotatable bonds is 4. The van der Waals surface area contributed by atoms with E-state index < -0.39 is 5.41 Å². The van der Waals surface area contributed by atoms with Crippen molar-refractivity contribution in [3.63, 3.8) is 0 Å². The molecule has 56 heavy (non-hydrogen) atoms. The van der Waals surface area contributed by atoms with Crippen molar-refractivity contribution in [3.8, 4) is 27.9 Å². The SMILES string of the molecule is c1ccc(-n2c3ccccc3c3cc(C4(c5ccccc5)c5ccccc5-c5ccc(-c6ccc7c8ccccc8c8ccccc8c7c6)cc54)ccc32)cc1. The minimum absolute atomic E-state index is 0.535. The third-order valence-electron chi connectivity index (χ3n) is 12.4. The molecule has 0 spiro atoms. The van der Waals surface area contributed by atoms with Crippen molar-refractivity contribution in [1.82, 2.24) is 4.57 Å². The van der Waals surface area contributed by atoms with Gasteiger partial charge in [-0.1, -0.05) is 170 Å². The zero-order valence-corrected chi connectivity index (χ0v) is 30.7. The Morgan fingerprint density at radius 3 is 1.57 bits per heavy atom. The smallest absolute Gasteiger partial charge is 0.0714 e. The Hall–Kier alpha value is -7.22. The Kier molecular flexibility index (Phi) is 6.62. The summed E-state index contributed by atoms with van der Waals surface area (Å²) >= 11 is 0. The van der Waals surface area contributed by atoms with Gasteiger partial charge in [-0.3, -0.25) is 0 Å². The molecule has 1 atom stereocenters. The second kappa shape index (κ2) is 11.9. The van der Waals surface area contributed by atoms with E-state index in [0.29, 0.717) is 0 Å². The van der Waals surface area contributed by atoms with Crippen LogP contribution < -0.4 is 0 Å². The van der Waals surface area contributed by atoms with Crippen LogP contribution in [0.2, 0.25) is 0 Å². The topological polar surface area (TPSA) is 4.93 Å². The number of para-hydroxylation sites is 2. The first-order chi connectivity index (χ1) is 27.8. The minimum Gasteiger partial charge on any atom is -0.309 e. The first-order valence-corrected chi connectivity index (χ1v) is 19.5. The van der Waals surface area contributed by atoms with E-state index in [9.17, 15) is 0 Å². The van der Waals surface area contributed by atoms with Crippen molar-refractivity contribution in [2.24, 2.45) is 0 Å². The van der Waals surface area contributed by atoms with Gasteiger partial charge in [0.1, 0.15) is 0 Å². The summed E-state index contributed by atoms with van der Waals surface area (Å²) in [5.74, 6) is 0. The summed E-state index contributed by atoms with van der Waals surface area (Å²) in [6, 6.07) is 79.0. The van der Waals surface area contributed by atoms with Gasteiger partial charge in [-0.25, -0.2) is 0 Å². The number of fused-ring (bicyclic) bond motifs is 12. The van der Waals surface area contributed by atoms with Gasteiger partial charge in [0.2, 0.25) is 0 Å². The summed E-state index contributed by atoms with van der Waals surface area (Å²) < 4.78 is 2.41. The highest BCUT2D eigenvalue weighted by molar-refractivity contribution is 6.25. The van der Waals surface area contributed by atoms with Crippen molar-refractivity contribution in [2.75, 3.05) is 0 Å². The minimum atomic E-state index is -0.535. The molecule has 0 saturated carbocycles. The fraction of sp³-hybridized carbons (Fsp3) is 0.0182. The zero-order valence-electron chi connectivity index (χ0n) is 30.7. The molecule has 1 heterocycles. The normalized spacial score (nSPS) is 14.9. The molecular weight excluding hydrogens is 675 g/mol. The highest BCUT2D eigenvalue weighted by Gasteiger charge is 2.46. The molecule has 0 amide bonds. The molecule has 11 aromatic rings. The molecule has 1 heteroatoms. The largest absolute Gasteiger partial charge is 0.309 e. The Morgan fingerprint density at radius 2 is 0.821 bits per heavy atom. The van der Waals surface area contributed by atoms with Gasteiger partial charge in [-0.05, 0) is 119 Å². The zero-order chi connectivity index (χ0) is 36.8. The van der Waals surface area contributed by atoms with E-state index in [0.717, 1.165) is 0 Å². The molecule has 1 aliphatic rings. The molecule has 0 N–H and O–H groups in total. The highest BCUT2D eigenvalue weighted by atomic mass is 15.0. The van der Waals surface area contributed by atoms with Crippen LogP contribution in [0.5, 0.6) is 0 Å². The molecule has 0 radical (unpaired) electrons. The van der Waals surface area contributed by atoms with Crippen LogP contribution in [-0.2, 0) is 5.41 Å². The van der Waals surface area contributed by atoms with Crippen LogP contribution in [0.1, 0.15) is 22.3 Å². The van der Waals surface area contributed by atoms with Crippen LogP contribution >= 0.6 is 0 Å². The predicted octanol–water partition coefficient (Wildman–Crippen LogP) is 14.3. The predicted molar refractivity (Wildman–Crippen MR) is 236 cm³/mol. The number of hydrogen-bond acceptors (Lipinski definition) is 0. The Balaban J connectivity index is 1.14. The lowest BCUT2D eigenvalue weighted by Gasteiger charge is -2.34. The van der Waals surface area contributed by atoms with E-state index >= 15 is 0 Å². The molecule has 0 bridgehead atoms. The molecule has 1 aliphatic carbocycles. The second-order valence-corrected chi connectivity index (χ2v) is 15.2. The van der Waals surface area contributed by atoms with Crippen LogP contribution in [0.4, 0.5) is 0 Å². The number of benzene rings is 10. The van der Waals surface area contributed by atoms with Gasteiger partial charge in [0, 0.05) is 16.5 Å². The van der Waals surface area contributed by atoms with Crippen molar-refractivity contribution < 1.29 is 0 Å². The molecule has 260 valence electrons. The van der Waals surface area contributed by atoms with E-state index in [1.807, 2.05) is 0 Å². The summed E-state index contributed by atoms with van der Waals surface area (Å²) in [6.07, 6.45) is 0. The third-order valence-corrected chi connectivity index (χ3v) is 12.4. The van der Waals surface area contributed by atoms with Crippen molar-refractivity contribution in [3.05, 3.63) is 235 Å². The maximum Gasteiger partial charge on any atom is 0.0714 e. The Bertz CT molecular complexity index is 3320. The van der Waals surface area contributed by atoms with Crippen LogP contribution in [0.3, 0.4) is 0 Å². The van der Waals surface area contributed by atoms with Crippen LogP contribution in [0.15, 0.2) is 212 Å². The van der Waals surface area contributed by atoms with Crippen molar-refractivity contribution in [2.45, 2.75) is 5.41 Å². The molecule has 0 saturated heterocycles. The molecule has 0 aliphatic heterocycles. The van der Waals surface area contributed by atoms with Crippen molar-refractivity contribution in [1.29, 1.82) is 0 Å². The van der Waals surface area contributed by atoms with Crippen molar-refractivity contribution >= 4 is 54.1 Å². The lowest BCUT2D eigenvalue weighted by Crippen LogP contribution is -2.28. The molecule has 0 fully saturated rings. The second-order valence-electron chi connectivity index (χ2n) is 15.2. The molecule has 10 aromatic carbocycles. The standard InChI is InChI=1S/C55H35N/c1-3-15-38(16-4-1)55(39-29-32-54-50(35-39)48-24-12-14-26-53(48)56(54)40-17-5-2-6-18-40)51-25-13-11-23-46(51)47-31-28-37(34-52(47)55)36-27-30-45-43-21-8-7-19-41(43)42-20-9-10-22-44(42)49(45)33-36/h1-35H. The van der Waals surface area contributed by atoms with Gasteiger partial charge >= 0.3 is 0 Å². The van der Waals surface area contributed by atoms with Gasteiger partial charge < -0.3 is 4.57 Å². The molecule has 12 rings (SSSR count). The van der Waals surface area contributed by atoms with Gasteiger partial charge in [0.05, 0.1) is 16.4 Å². The third kappa shape index (κ3) is 4.26. The number of nitrogens with zero attached hydrogens (tertiary/aromatic N) is 1. The first kappa shape index (κ1) is 31.2. The van der Waals surface area contributed by atoms with Gasteiger partial charge in [-0.15, -0.1) is 0 Å². The maximum atomic E-state index is 2.49. The summed E-state index contributed by atoms with van der Waals surface area (Å²) in [6.45, 7) is 0. The fourth-order valence-electron chi connectivity index (χ4n) is 10.1. The van der Waals surface area contributed by atoms with Gasteiger partial charge in [-0.2, -0.15) is 0 Å². The van der Waals surface area contributed by atoms with E-state index in [4.69, 9.17) is 0 Å². The van der Waals surface area contributed by atoms with Crippen LogP contribution in [0, 0.1) is 0 Å². The number of aromatic nitrogens is 1. The van der Waals surface area contributed by atoms with Crippen LogP contribution in [0.25, 0.3) is 82.1 Å². The molecule has 1 nitrogen and oxygen atoms in total. The molecule has 1 unspecified atom stereocenters. The van der Waals surface area contributed by atoms with E-state index in [1.54, 1.807) is 0 Å². The van der Waals surface area contributed by atoms with E-state index in [1.165, 1.54) is 104 Å². The lowest BCUT2D eigenvalue weighted by molar-refractivity contribution is 0.770. The van der Waals surface area contributed by atoms with Gasteiger partial charge in [0.25, 0.3) is 0 Å². The summed E-state index contributed by atoms with van der Waals surface area (Å²) in [5.41, 5.74) is 13.3. The summed E-state index contributed by atoms with van der Waals surface area (Å²) in [7, 11) is 0.